The fourth-order valence-corrected chi connectivity index (χ4v) is 3.28. The molecule has 0 saturated heterocycles. The summed E-state index contributed by atoms with van der Waals surface area (Å²) >= 11 is 1.24. The van der Waals surface area contributed by atoms with Gasteiger partial charge in [-0.3, -0.25) is 9.59 Å². The molecule has 28 heavy (non-hydrogen) atoms. The Hall–Kier alpha value is -3.20. The van der Waals surface area contributed by atoms with Crippen molar-refractivity contribution in [2.75, 3.05) is 18.1 Å². The molecule has 0 aliphatic rings. The van der Waals surface area contributed by atoms with E-state index in [1.807, 2.05) is 32.0 Å². The van der Waals surface area contributed by atoms with Crippen LogP contribution in [0.1, 0.15) is 21.5 Å². The molecule has 8 nitrogen and oxygen atoms in total. The van der Waals surface area contributed by atoms with Gasteiger partial charge in [-0.1, -0.05) is 30.0 Å². The number of aromatic nitrogens is 4. The van der Waals surface area contributed by atoms with E-state index < -0.39 is 0 Å². The van der Waals surface area contributed by atoms with Crippen LogP contribution >= 0.6 is 11.8 Å². The zero-order chi connectivity index (χ0) is 20.1. The van der Waals surface area contributed by atoms with Gasteiger partial charge < -0.3 is 10.6 Å². The number of thioether (sulfide) groups is 1. The molecule has 2 aromatic carbocycles. The summed E-state index contributed by atoms with van der Waals surface area (Å²) in [5.41, 5.74) is 4.13. The molecule has 0 aliphatic heterocycles. The molecule has 3 rings (SSSR count). The Balaban J connectivity index is 1.67. The van der Waals surface area contributed by atoms with Gasteiger partial charge in [-0.25, -0.2) is 0 Å². The largest absolute Gasteiger partial charge is 0.355 e. The lowest BCUT2D eigenvalue weighted by Crippen LogP contribution is -2.19. The van der Waals surface area contributed by atoms with E-state index in [2.05, 4.69) is 26.2 Å². The summed E-state index contributed by atoms with van der Waals surface area (Å²) in [4.78, 5) is 24.0. The predicted octanol–water partition coefficient (Wildman–Crippen LogP) is 2.37. The van der Waals surface area contributed by atoms with Crippen LogP contribution in [-0.2, 0) is 4.79 Å². The highest BCUT2D eigenvalue weighted by molar-refractivity contribution is 7.99. The Bertz CT molecular complexity index is 1020. The van der Waals surface area contributed by atoms with Gasteiger partial charge in [-0.2, -0.15) is 4.68 Å². The number of benzene rings is 2. The number of hydrogen-bond donors (Lipinski definition) is 2. The molecule has 0 radical (unpaired) electrons. The summed E-state index contributed by atoms with van der Waals surface area (Å²) in [6.07, 6.45) is 0. The van der Waals surface area contributed by atoms with Gasteiger partial charge in [0.1, 0.15) is 0 Å². The standard InChI is InChI=1S/C19H20N6O2S/c1-12-6-4-9-16(13(12)2)25-19(22-23-24-25)28-11-17(26)21-15-8-5-7-14(10-15)18(27)20-3/h4-10H,11H2,1-3H3,(H,20,27)(H,21,26). The smallest absolute Gasteiger partial charge is 0.251 e. The van der Waals surface area contributed by atoms with Crippen LogP contribution in [-0.4, -0.2) is 44.8 Å². The van der Waals surface area contributed by atoms with E-state index in [0.29, 0.717) is 16.4 Å². The Labute approximate surface area is 166 Å². The molecule has 3 aromatic rings. The van der Waals surface area contributed by atoms with Crippen LogP contribution in [0.25, 0.3) is 5.69 Å². The first kappa shape index (κ1) is 19.6. The highest BCUT2D eigenvalue weighted by atomic mass is 32.2. The van der Waals surface area contributed by atoms with Gasteiger partial charge in [0.2, 0.25) is 11.1 Å². The average molecular weight is 396 g/mol. The molecule has 0 fully saturated rings. The second kappa shape index (κ2) is 8.66. The van der Waals surface area contributed by atoms with Crippen molar-refractivity contribution in [2.24, 2.45) is 0 Å². The van der Waals surface area contributed by atoms with Crippen LogP contribution in [0.5, 0.6) is 0 Å². The summed E-state index contributed by atoms with van der Waals surface area (Å²) in [6.45, 7) is 4.03. The normalized spacial score (nSPS) is 10.5. The molecule has 0 spiro atoms. The second-order valence-corrected chi connectivity index (χ2v) is 7.03. The number of carbonyl (C=O) groups excluding carboxylic acids is 2. The van der Waals surface area contributed by atoms with Crippen molar-refractivity contribution < 1.29 is 9.59 Å². The summed E-state index contributed by atoms with van der Waals surface area (Å²) in [5.74, 6) is -0.289. The van der Waals surface area contributed by atoms with Crippen LogP contribution in [0, 0.1) is 13.8 Å². The fraction of sp³-hybridized carbons (Fsp3) is 0.211. The quantitative estimate of drug-likeness (QED) is 0.620. The van der Waals surface area contributed by atoms with Gasteiger partial charge >= 0.3 is 0 Å². The molecular weight excluding hydrogens is 376 g/mol. The fourth-order valence-electron chi connectivity index (χ4n) is 2.59. The molecule has 9 heteroatoms. The van der Waals surface area contributed by atoms with Crippen molar-refractivity contribution in [3.8, 4) is 5.69 Å². The zero-order valence-corrected chi connectivity index (χ0v) is 16.6. The molecule has 1 aromatic heterocycles. The highest BCUT2D eigenvalue weighted by Gasteiger charge is 2.14. The number of nitrogens with one attached hydrogen (secondary N) is 2. The van der Waals surface area contributed by atoms with E-state index in [-0.39, 0.29) is 17.6 Å². The van der Waals surface area contributed by atoms with E-state index in [9.17, 15) is 9.59 Å². The number of rotatable bonds is 6. The van der Waals surface area contributed by atoms with Crippen molar-refractivity contribution in [1.82, 2.24) is 25.5 Å². The molecule has 2 N–H and O–H groups in total. The molecule has 1 heterocycles. The monoisotopic (exact) mass is 396 g/mol. The number of amides is 2. The first-order valence-corrected chi connectivity index (χ1v) is 9.58. The molecular formula is C19H20N6O2S. The Kier molecular flexibility index (Phi) is 6.05. The maximum atomic E-state index is 12.3. The molecule has 0 unspecified atom stereocenters. The third-order valence-electron chi connectivity index (χ3n) is 4.21. The average Bonchev–Trinajstić information content (AvgIpc) is 3.16. The van der Waals surface area contributed by atoms with Gasteiger partial charge in [-0.05, 0) is 59.7 Å². The van der Waals surface area contributed by atoms with Gasteiger partial charge in [0.05, 0.1) is 11.4 Å². The SMILES string of the molecule is CNC(=O)c1cccc(NC(=O)CSc2nnnn2-c2cccc(C)c2C)c1. The minimum absolute atomic E-state index is 0.134. The highest BCUT2D eigenvalue weighted by Crippen LogP contribution is 2.22. The van der Waals surface area contributed by atoms with Crippen molar-refractivity contribution in [1.29, 1.82) is 0 Å². The number of hydrogen-bond acceptors (Lipinski definition) is 6. The summed E-state index contributed by atoms with van der Waals surface area (Å²) in [7, 11) is 1.56. The predicted molar refractivity (Wildman–Crippen MR) is 108 cm³/mol. The minimum atomic E-state index is -0.213. The summed E-state index contributed by atoms with van der Waals surface area (Å²) in [5, 5.41) is 17.7. The third-order valence-corrected chi connectivity index (χ3v) is 5.13. The summed E-state index contributed by atoms with van der Waals surface area (Å²) in [6, 6.07) is 12.7. The Morgan fingerprint density at radius 1 is 1.14 bits per heavy atom. The molecule has 0 aliphatic carbocycles. The van der Waals surface area contributed by atoms with Gasteiger partial charge in [0.15, 0.2) is 0 Å². The number of aryl methyl sites for hydroxylation is 1. The lowest BCUT2D eigenvalue weighted by Gasteiger charge is -2.10. The molecule has 2 amide bonds. The lowest BCUT2D eigenvalue weighted by atomic mass is 10.1. The molecule has 0 saturated carbocycles. The van der Waals surface area contributed by atoms with Crippen molar-refractivity contribution >= 4 is 29.3 Å². The van der Waals surface area contributed by atoms with Crippen LogP contribution in [0.4, 0.5) is 5.69 Å². The maximum absolute atomic E-state index is 12.3. The minimum Gasteiger partial charge on any atom is -0.355 e. The molecule has 0 atom stereocenters. The van der Waals surface area contributed by atoms with Gasteiger partial charge in [0.25, 0.3) is 5.91 Å². The number of tetrazole rings is 1. The van der Waals surface area contributed by atoms with Crippen molar-refractivity contribution in [3.63, 3.8) is 0 Å². The summed E-state index contributed by atoms with van der Waals surface area (Å²) < 4.78 is 1.63. The van der Waals surface area contributed by atoms with Crippen LogP contribution in [0.15, 0.2) is 47.6 Å². The van der Waals surface area contributed by atoms with E-state index in [1.165, 1.54) is 11.8 Å². The van der Waals surface area contributed by atoms with E-state index >= 15 is 0 Å². The topological polar surface area (TPSA) is 102 Å². The lowest BCUT2D eigenvalue weighted by molar-refractivity contribution is -0.113. The maximum Gasteiger partial charge on any atom is 0.251 e. The van der Waals surface area contributed by atoms with Gasteiger partial charge in [0, 0.05) is 18.3 Å². The first-order chi connectivity index (χ1) is 13.5. The Morgan fingerprint density at radius 2 is 1.93 bits per heavy atom. The first-order valence-electron chi connectivity index (χ1n) is 8.59. The van der Waals surface area contributed by atoms with Crippen molar-refractivity contribution in [2.45, 2.75) is 19.0 Å². The van der Waals surface area contributed by atoms with E-state index in [0.717, 1.165) is 16.8 Å². The van der Waals surface area contributed by atoms with Crippen LogP contribution < -0.4 is 10.6 Å². The van der Waals surface area contributed by atoms with Crippen molar-refractivity contribution in [3.05, 3.63) is 59.2 Å². The molecule has 144 valence electrons. The number of carbonyl (C=O) groups is 2. The second-order valence-electron chi connectivity index (χ2n) is 6.09. The molecule has 0 bridgehead atoms. The van der Waals surface area contributed by atoms with E-state index in [1.54, 1.807) is 36.0 Å². The van der Waals surface area contributed by atoms with Crippen LogP contribution in [0.2, 0.25) is 0 Å². The van der Waals surface area contributed by atoms with Crippen LogP contribution in [0.3, 0.4) is 0 Å². The number of nitrogens with zero attached hydrogens (tertiary/aromatic N) is 4. The Morgan fingerprint density at radius 3 is 2.71 bits per heavy atom. The van der Waals surface area contributed by atoms with E-state index in [4.69, 9.17) is 0 Å². The zero-order valence-electron chi connectivity index (χ0n) is 15.8. The third kappa shape index (κ3) is 4.37. The van der Waals surface area contributed by atoms with Gasteiger partial charge in [-0.15, -0.1) is 5.10 Å². The number of anilines is 1.